The maximum absolute atomic E-state index is 10.7. The number of pyridine rings is 1. The van der Waals surface area contributed by atoms with E-state index in [9.17, 15) is 4.79 Å². The molecule has 0 saturated heterocycles. The molecule has 1 atom stereocenters. The second-order valence-electron chi connectivity index (χ2n) is 3.85. The number of aliphatic carboxylic acids is 1. The van der Waals surface area contributed by atoms with Crippen LogP contribution in [0.1, 0.15) is 31.0 Å². The zero-order valence-corrected chi connectivity index (χ0v) is 8.39. The van der Waals surface area contributed by atoms with E-state index in [4.69, 9.17) is 5.11 Å². The lowest BCUT2D eigenvalue weighted by atomic mass is 10.1. The molecule has 0 bridgehead atoms. The second kappa shape index (κ2) is 4.40. The maximum atomic E-state index is 10.7. The van der Waals surface area contributed by atoms with Crippen molar-refractivity contribution < 1.29 is 9.90 Å². The number of carbonyl (C=O) groups is 1. The summed E-state index contributed by atoms with van der Waals surface area (Å²) < 4.78 is 0. The van der Waals surface area contributed by atoms with E-state index in [1.165, 1.54) is 0 Å². The normalized spacial score (nSPS) is 17.3. The van der Waals surface area contributed by atoms with Crippen molar-refractivity contribution in [2.24, 2.45) is 0 Å². The van der Waals surface area contributed by atoms with Crippen molar-refractivity contribution >= 4 is 5.97 Å². The molecule has 1 aromatic heterocycles. The van der Waals surface area contributed by atoms with Crippen molar-refractivity contribution in [1.29, 1.82) is 0 Å². The Morgan fingerprint density at radius 3 is 2.93 bits per heavy atom. The van der Waals surface area contributed by atoms with Gasteiger partial charge >= 0.3 is 5.97 Å². The summed E-state index contributed by atoms with van der Waals surface area (Å²) in [5.41, 5.74) is 0.812. The fraction of sp³-hybridized carbons (Fsp3) is 0.455. The van der Waals surface area contributed by atoms with Gasteiger partial charge in [0.1, 0.15) is 0 Å². The van der Waals surface area contributed by atoms with Crippen LogP contribution in [-0.4, -0.2) is 22.1 Å². The third-order valence-corrected chi connectivity index (χ3v) is 2.44. The Bertz CT molecular complexity index is 336. The van der Waals surface area contributed by atoms with Gasteiger partial charge in [0.05, 0.1) is 18.2 Å². The van der Waals surface area contributed by atoms with Crippen LogP contribution in [0, 0.1) is 0 Å². The van der Waals surface area contributed by atoms with Gasteiger partial charge in [0.2, 0.25) is 0 Å². The first kappa shape index (κ1) is 10.1. The van der Waals surface area contributed by atoms with Gasteiger partial charge in [-0.2, -0.15) is 0 Å². The highest BCUT2D eigenvalue weighted by Crippen LogP contribution is 2.25. The van der Waals surface area contributed by atoms with E-state index in [0.717, 1.165) is 18.5 Å². The van der Waals surface area contributed by atoms with Crippen molar-refractivity contribution in [3.05, 3.63) is 30.1 Å². The molecule has 1 aromatic rings. The molecule has 0 radical (unpaired) electrons. The van der Waals surface area contributed by atoms with Crippen molar-refractivity contribution in [3.63, 3.8) is 0 Å². The summed E-state index contributed by atoms with van der Waals surface area (Å²) in [6.07, 6.45) is 4.07. The molecule has 4 nitrogen and oxygen atoms in total. The molecule has 2 rings (SSSR count). The Labute approximate surface area is 88.3 Å². The fourth-order valence-electron chi connectivity index (χ4n) is 1.54. The van der Waals surface area contributed by atoms with Crippen LogP contribution in [0.5, 0.6) is 0 Å². The van der Waals surface area contributed by atoms with E-state index in [1.807, 2.05) is 18.2 Å². The molecule has 1 unspecified atom stereocenters. The van der Waals surface area contributed by atoms with Gasteiger partial charge in [0.25, 0.3) is 0 Å². The van der Waals surface area contributed by atoms with Crippen molar-refractivity contribution in [2.75, 3.05) is 0 Å². The van der Waals surface area contributed by atoms with E-state index >= 15 is 0 Å². The van der Waals surface area contributed by atoms with Crippen LogP contribution >= 0.6 is 0 Å². The summed E-state index contributed by atoms with van der Waals surface area (Å²) in [6.45, 7) is 0. The van der Waals surface area contributed by atoms with Crippen LogP contribution in [-0.2, 0) is 4.79 Å². The minimum Gasteiger partial charge on any atom is -0.481 e. The molecule has 1 heterocycles. The lowest BCUT2D eigenvalue weighted by molar-refractivity contribution is -0.137. The third-order valence-electron chi connectivity index (χ3n) is 2.44. The predicted octanol–water partition coefficient (Wildman–Crippen LogP) is 1.35. The first-order valence-corrected chi connectivity index (χ1v) is 5.14. The SMILES string of the molecule is O=C(O)CC(NC1CC1)c1ccccn1. The molecule has 80 valence electrons. The van der Waals surface area contributed by atoms with Gasteiger partial charge in [0, 0.05) is 12.2 Å². The molecule has 0 aromatic carbocycles. The molecule has 1 saturated carbocycles. The lowest BCUT2D eigenvalue weighted by Gasteiger charge is -2.15. The molecule has 1 aliphatic carbocycles. The highest BCUT2D eigenvalue weighted by atomic mass is 16.4. The predicted molar refractivity (Wildman–Crippen MR) is 55.4 cm³/mol. The summed E-state index contributed by atoms with van der Waals surface area (Å²) in [4.78, 5) is 14.9. The average Bonchev–Trinajstić information content (AvgIpc) is 3.01. The molecule has 4 heteroatoms. The van der Waals surface area contributed by atoms with Crippen molar-refractivity contribution in [1.82, 2.24) is 10.3 Å². The summed E-state index contributed by atoms with van der Waals surface area (Å²) in [5, 5.41) is 12.1. The van der Waals surface area contributed by atoms with Crippen LogP contribution in [0.25, 0.3) is 0 Å². The molecule has 1 aliphatic rings. The van der Waals surface area contributed by atoms with E-state index in [1.54, 1.807) is 6.20 Å². The van der Waals surface area contributed by atoms with Gasteiger partial charge in [-0.15, -0.1) is 0 Å². The molecule has 0 spiro atoms. The Kier molecular flexibility index (Phi) is 2.97. The van der Waals surface area contributed by atoms with E-state index in [0.29, 0.717) is 6.04 Å². The van der Waals surface area contributed by atoms with Crippen LogP contribution < -0.4 is 5.32 Å². The second-order valence-corrected chi connectivity index (χ2v) is 3.85. The van der Waals surface area contributed by atoms with Gasteiger partial charge in [0.15, 0.2) is 0 Å². The topological polar surface area (TPSA) is 62.2 Å². The minimum absolute atomic E-state index is 0.0908. The number of aromatic nitrogens is 1. The Balaban J connectivity index is 2.06. The van der Waals surface area contributed by atoms with Gasteiger partial charge in [-0.3, -0.25) is 9.78 Å². The molecular weight excluding hydrogens is 192 g/mol. The first-order chi connectivity index (χ1) is 7.25. The first-order valence-electron chi connectivity index (χ1n) is 5.14. The average molecular weight is 206 g/mol. The van der Waals surface area contributed by atoms with E-state index in [2.05, 4.69) is 10.3 Å². The lowest BCUT2D eigenvalue weighted by Crippen LogP contribution is -2.26. The highest BCUT2D eigenvalue weighted by molar-refractivity contribution is 5.67. The van der Waals surface area contributed by atoms with Gasteiger partial charge < -0.3 is 10.4 Å². The van der Waals surface area contributed by atoms with Crippen molar-refractivity contribution in [2.45, 2.75) is 31.3 Å². The number of nitrogens with zero attached hydrogens (tertiary/aromatic N) is 1. The zero-order valence-electron chi connectivity index (χ0n) is 8.39. The molecular formula is C11H14N2O2. The fourth-order valence-corrected chi connectivity index (χ4v) is 1.54. The summed E-state index contributed by atoms with van der Waals surface area (Å²) >= 11 is 0. The highest BCUT2D eigenvalue weighted by Gasteiger charge is 2.27. The van der Waals surface area contributed by atoms with Crippen LogP contribution in [0.4, 0.5) is 0 Å². The van der Waals surface area contributed by atoms with Gasteiger partial charge in [-0.1, -0.05) is 6.07 Å². The summed E-state index contributed by atoms with van der Waals surface area (Å²) in [6, 6.07) is 5.90. The standard InChI is InChI=1S/C11H14N2O2/c14-11(15)7-10(13-8-4-5-8)9-3-1-2-6-12-9/h1-3,6,8,10,13H,4-5,7H2,(H,14,15). The largest absolute Gasteiger partial charge is 0.481 e. The van der Waals surface area contributed by atoms with E-state index < -0.39 is 5.97 Å². The number of rotatable bonds is 5. The number of nitrogens with one attached hydrogen (secondary N) is 1. The van der Waals surface area contributed by atoms with Crippen LogP contribution in [0.2, 0.25) is 0 Å². The number of carboxylic acids is 1. The molecule has 15 heavy (non-hydrogen) atoms. The number of hydrogen-bond acceptors (Lipinski definition) is 3. The monoisotopic (exact) mass is 206 g/mol. The third kappa shape index (κ3) is 3.02. The molecule has 0 aliphatic heterocycles. The minimum atomic E-state index is -0.793. The maximum Gasteiger partial charge on any atom is 0.305 e. The molecule has 2 N–H and O–H groups in total. The Morgan fingerprint density at radius 1 is 1.60 bits per heavy atom. The number of hydrogen-bond donors (Lipinski definition) is 2. The van der Waals surface area contributed by atoms with Crippen molar-refractivity contribution in [3.8, 4) is 0 Å². The van der Waals surface area contributed by atoms with E-state index in [-0.39, 0.29) is 12.5 Å². The Hall–Kier alpha value is -1.42. The Morgan fingerprint density at radius 2 is 2.40 bits per heavy atom. The van der Waals surface area contributed by atoms with Crippen LogP contribution in [0.15, 0.2) is 24.4 Å². The van der Waals surface area contributed by atoms with Gasteiger partial charge in [-0.25, -0.2) is 0 Å². The summed E-state index contributed by atoms with van der Waals surface area (Å²) in [7, 11) is 0. The molecule has 1 fully saturated rings. The quantitative estimate of drug-likeness (QED) is 0.763. The smallest absolute Gasteiger partial charge is 0.305 e. The van der Waals surface area contributed by atoms with Crippen LogP contribution in [0.3, 0.4) is 0 Å². The number of carboxylic acid groups (broad SMARTS) is 1. The zero-order chi connectivity index (χ0) is 10.7. The molecule has 0 amide bonds. The summed E-state index contributed by atoms with van der Waals surface area (Å²) in [5.74, 6) is -0.793. The van der Waals surface area contributed by atoms with Gasteiger partial charge in [-0.05, 0) is 25.0 Å².